The van der Waals surface area contributed by atoms with Gasteiger partial charge in [0.2, 0.25) is 0 Å². The number of thiazole rings is 1. The van der Waals surface area contributed by atoms with Crippen LogP contribution < -0.4 is 0 Å². The number of fused-ring (bicyclic) bond motifs is 1. The number of aliphatic hydroxyl groups is 2. The van der Waals surface area contributed by atoms with E-state index in [9.17, 15) is 24.6 Å². The van der Waals surface area contributed by atoms with E-state index in [1.54, 1.807) is 13.8 Å². The highest BCUT2D eigenvalue weighted by Gasteiger charge is 2.53. The van der Waals surface area contributed by atoms with Crippen molar-refractivity contribution < 1.29 is 34.1 Å². The van der Waals surface area contributed by atoms with Crippen LogP contribution in [0, 0.1) is 24.7 Å². The maximum absolute atomic E-state index is 12.9. The number of esters is 1. The molecule has 3 rings (SSSR count). The monoisotopic (exact) mass is 507 g/mol. The molecule has 2 aliphatic rings. The zero-order valence-electron chi connectivity index (χ0n) is 21.3. The third kappa shape index (κ3) is 6.64. The van der Waals surface area contributed by atoms with E-state index in [-0.39, 0.29) is 24.7 Å². The minimum atomic E-state index is -1.27. The summed E-state index contributed by atoms with van der Waals surface area (Å²) in [7, 11) is 0. The molecule has 0 radical (unpaired) electrons. The maximum Gasteiger partial charge on any atom is 0.309 e. The number of nitrogens with zero attached hydrogens (tertiary/aromatic N) is 1. The molecule has 0 aromatic carbocycles. The Hall–Kier alpha value is -1.94. The summed E-state index contributed by atoms with van der Waals surface area (Å²) in [5, 5.41) is 24.1. The van der Waals surface area contributed by atoms with Gasteiger partial charge in [0.1, 0.15) is 17.7 Å². The lowest BCUT2D eigenvalue weighted by Gasteiger charge is -2.27. The Bertz CT molecular complexity index is 988. The van der Waals surface area contributed by atoms with E-state index in [0.717, 1.165) is 16.3 Å². The van der Waals surface area contributed by atoms with Crippen LogP contribution in [0.1, 0.15) is 71.0 Å². The predicted octanol–water partition coefficient (Wildman–Crippen LogP) is 3.27. The summed E-state index contributed by atoms with van der Waals surface area (Å²) in [6.07, 6.45) is -0.632. The molecule has 3 heterocycles. The number of epoxide rings is 1. The van der Waals surface area contributed by atoms with Crippen LogP contribution in [0.5, 0.6) is 0 Å². The van der Waals surface area contributed by atoms with Crippen molar-refractivity contribution in [1.82, 2.24) is 4.98 Å². The standard InChI is InChI=1S/C26H37NO7S/c1-13(9-18-12-35-17(5)27-18)21-11-22-26(6,34-22)8-7-19(28)14(2)24(31)16(4)25(32)15(3)20(29)10-23(30)33-21/h9,12,14-16,20-22,24,29,31H,7-8,10-11H2,1-6H3/b13-9+/t14-,15?,16+,20-,21-,22-,24-,26+/m0/s1. The van der Waals surface area contributed by atoms with Gasteiger partial charge in [0, 0.05) is 36.0 Å². The average Bonchev–Trinajstić information content (AvgIpc) is 3.26. The second-order valence-corrected chi connectivity index (χ2v) is 11.4. The van der Waals surface area contributed by atoms with E-state index in [2.05, 4.69) is 4.98 Å². The van der Waals surface area contributed by atoms with Gasteiger partial charge < -0.3 is 19.7 Å². The molecule has 8 nitrogen and oxygen atoms in total. The molecule has 2 fully saturated rings. The molecule has 0 amide bonds. The van der Waals surface area contributed by atoms with Gasteiger partial charge in [-0.05, 0) is 38.8 Å². The summed E-state index contributed by atoms with van der Waals surface area (Å²) < 4.78 is 11.7. The molecule has 0 spiro atoms. The number of carbonyl (C=O) groups excluding carboxylic acids is 3. The molecule has 0 bridgehead atoms. The van der Waals surface area contributed by atoms with E-state index in [1.165, 1.54) is 18.3 Å². The number of aryl methyl sites for hydroxylation is 1. The number of aliphatic hydroxyl groups excluding tert-OH is 2. The summed E-state index contributed by atoms with van der Waals surface area (Å²) in [5.74, 6) is -3.63. The van der Waals surface area contributed by atoms with Gasteiger partial charge in [-0.2, -0.15) is 0 Å². The Morgan fingerprint density at radius 1 is 1.17 bits per heavy atom. The third-order valence-electron chi connectivity index (χ3n) is 7.51. The lowest BCUT2D eigenvalue weighted by atomic mass is 9.80. The Labute approximate surface area is 210 Å². The molecule has 1 unspecified atom stereocenters. The van der Waals surface area contributed by atoms with Gasteiger partial charge in [0.15, 0.2) is 0 Å². The first-order valence-corrected chi connectivity index (χ1v) is 13.1. The number of carbonyl (C=O) groups is 3. The number of ether oxygens (including phenoxy) is 2. The number of Topliss-reactive ketones (excluding diaryl/α,β-unsaturated/α-hetero) is 2. The molecule has 35 heavy (non-hydrogen) atoms. The highest BCUT2D eigenvalue weighted by molar-refractivity contribution is 7.09. The quantitative estimate of drug-likeness (QED) is 0.461. The summed E-state index contributed by atoms with van der Waals surface area (Å²) in [4.78, 5) is 42.9. The van der Waals surface area contributed by atoms with Gasteiger partial charge in [0.25, 0.3) is 0 Å². The minimum absolute atomic E-state index is 0.133. The molecule has 0 aliphatic carbocycles. The van der Waals surface area contributed by atoms with Gasteiger partial charge in [-0.1, -0.05) is 20.8 Å². The zero-order chi connectivity index (χ0) is 26.1. The van der Waals surface area contributed by atoms with Gasteiger partial charge >= 0.3 is 5.97 Å². The SMILES string of the molecule is C/C(=C\c1csc(C)n1)[C@@H]1C[C@@H]2O[C@]2(C)CCC(=O)[C@H](C)[C@H](O)[C@@H](C)C(=O)C(C)[C@@H](O)CC(=O)O1. The topological polar surface area (TPSA) is 126 Å². The van der Waals surface area contributed by atoms with Crippen molar-refractivity contribution in [3.8, 4) is 0 Å². The van der Waals surface area contributed by atoms with Crippen LogP contribution in [0.3, 0.4) is 0 Å². The van der Waals surface area contributed by atoms with Gasteiger partial charge in [-0.3, -0.25) is 14.4 Å². The van der Waals surface area contributed by atoms with Gasteiger partial charge in [-0.15, -0.1) is 11.3 Å². The largest absolute Gasteiger partial charge is 0.458 e. The van der Waals surface area contributed by atoms with Crippen LogP contribution in [0.4, 0.5) is 0 Å². The molecule has 9 heteroatoms. The van der Waals surface area contributed by atoms with Crippen molar-refractivity contribution in [2.75, 3.05) is 0 Å². The maximum atomic E-state index is 12.9. The Morgan fingerprint density at radius 2 is 1.86 bits per heavy atom. The molecule has 194 valence electrons. The number of cyclic esters (lactones) is 1. The van der Waals surface area contributed by atoms with Crippen molar-refractivity contribution in [2.45, 2.75) is 97.2 Å². The number of rotatable bonds is 2. The number of aromatic nitrogens is 1. The highest BCUT2D eigenvalue weighted by Crippen LogP contribution is 2.44. The van der Waals surface area contributed by atoms with Crippen molar-refractivity contribution >= 4 is 34.9 Å². The van der Waals surface area contributed by atoms with Gasteiger partial charge in [-0.25, -0.2) is 4.98 Å². The Morgan fingerprint density at radius 3 is 2.49 bits per heavy atom. The first-order chi connectivity index (χ1) is 16.3. The second kappa shape index (κ2) is 11.0. The highest BCUT2D eigenvalue weighted by atomic mass is 32.1. The van der Waals surface area contributed by atoms with E-state index < -0.39 is 53.4 Å². The predicted molar refractivity (Wildman–Crippen MR) is 132 cm³/mol. The van der Waals surface area contributed by atoms with E-state index in [4.69, 9.17) is 9.47 Å². The summed E-state index contributed by atoms with van der Waals surface area (Å²) in [6.45, 7) is 10.4. The van der Waals surface area contributed by atoms with E-state index in [0.29, 0.717) is 12.8 Å². The fourth-order valence-electron chi connectivity index (χ4n) is 4.65. The number of hydrogen-bond acceptors (Lipinski definition) is 9. The van der Waals surface area contributed by atoms with E-state index in [1.807, 2.05) is 32.2 Å². The molecule has 1 aromatic rings. The average molecular weight is 508 g/mol. The molecule has 2 aliphatic heterocycles. The smallest absolute Gasteiger partial charge is 0.309 e. The van der Waals surface area contributed by atoms with E-state index >= 15 is 0 Å². The summed E-state index contributed by atoms with van der Waals surface area (Å²) in [6, 6.07) is 0. The molecular formula is C26H37NO7S. The van der Waals surface area contributed by atoms with Crippen LogP contribution >= 0.6 is 11.3 Å². The molecule has 2 saturated heterocycles. The minimum Gasteiger partial charge on any atom is -0.458 e. The Kier molecular flexibility index (Phi) is 8.68. The molecule has 2 N–H and O–H groups in total. The molecule has 1 aromatic heterocycles. The first kappa shape index (κ1) is 27.6. The zero-order valence-corrected chi connectivity index (χ0v) is 22.1. The summed E-state index contributed by atoms with van der Waals surface area (Å²) in [5.41, 5.74) is 1.04. The normalized spacial score (nSPS) is 38.1. The lowest BCUT2D eigenvalue weighted by Crippen LogP contribution is -2.41. The van der Waals surface area contributed by atoms with Crippen LogP contribution in [0.15, 0.2) is 11.0 Å². The van der Waals surface area contributed by atoms with Crippen molar-refractivity contribution in [3.63, 3.8) is 0 Å². The molecule has 8 atom stereocenters. The van der Waals surface area contributed by atoms with Crippen molar-refractivity contribution in [1.29, 1.82) is 0 Å². The van der Waals surface area contributed by atoms with Gasteiger partial charge in [0.05, 0.1) is 41.0 Å². The number of hydrogen-bond donors (Lipinski definition) is 2. The fourth-order valence-corrected chi connectivity index (χ4v) is 5.22. The molecular weight excluding hydrogens is 470 g/mol. The number of ketones is 2. The van der Waals surface area contributed by atoms with Crippen LogP contribution in [0.25, 0.3) is 6.08 Å². The first-order valence-electron chi connectivity index (χ1n) is 12.2. The van der Waals surface area contributed by atoms with Crippen molar-refractivity contribution in [3.05, 3.63) is 21.7 Å². The lowest BCUT2D eigenvalue weighted by molar-refractivity contribution is -0.151. The van der Waals surface area contributed by atoms with Crippen LogP contribution in [-0.4, -0.2) is 62.7 Å². The second-order valence-electron chi connectivity index (χ2n) is 10.3. The van der Waals surface area contributed by atoms with Crippen LogP contribution in [0.2, 0.25) is 0 Å². The summed E-state index contributed by atoms with van der Waals surface area (Å²) >= 11 is 1.53. The Balaban J connectivity index is 1.85. The van der Waals surface area contributed by atoms with Crippen LogP contribution in [-0.2, 0) is 23.9 Å². The third-order valence-corrected chi connectivity index (χ3v) is 8.30. The molecule has 0 saturated carbocycles. The fraction of sp³-hybridized carbons (Fsp3) is 0.692. The van der Waals surface area contributed by atoms with Crippen molar-refractivity contribution in [2.24, 2.45) is 17.8 Å².